The molecule has 2 aliphatic rings. The molecular formula is C13H18N2O3. The standard InChI is InChI=1S/C13H18N2O3/c16-9-6-4-8(5-7-9)15-12(17)10-2-1-3-11(10)14-13(15)18/h8-9,16H,1-7H2,(H,14,18). The van der Waals surface area contributed by atoms with Gasteiger partial charge in [0.1, 0.15) is 0 Å². The van der Waals surface area contributed by atoms with E-state index in [1.165, 1.54) is 4.57 Å². The molecule has 5 nitrogen and oxygen atoms in total. The van der Waals surface area contributed by atoms with Crippen LogP contribution in [0.4, 0.5) is 0 Å². The van der Waals surface area contributed by atoms with Crippen LogP contribution >= 0.6 is 0 Å². The molecule has 0 aromatic carbocycles. The van der Waals surface area contributed by atoms with Gasteiger partial charge in [-0.05, 0) is 44.9 Å². The molecule has 1 saturated carbocycles. The fourth-order valence-electron chi connectivity index (χ4n) is 3.19. The minimum Gasteiger partial charge on any atom is -0.393 e. The summed E-state index contributed by atoms with van der Waals surface area (Å²) in [6.07, 6.45) is 5.04. The van der Waals surface area contributed by atoms with Crippen LogP contribution in [-0.2, 0) is 12.8 Å². The van der Waals surface area contributed by atoms with Crippen molar-refractivity contribution in [2.75, 3.05) is 0 Å². The Morgan fingerprint density at radius 2 is 1.83 bits per heavy atom. The number of rotatable bonds is 1. The Labute approximate surface area is 104 Å². The van der Waals surface area contributed by atoms with Crippen molar-refractivity contribution in [3.8, 4) is 0 Å². The van der Waals surface area contributed by atoms with E-state index in [0.29, 0.717) is 25.7 Å². The topological polar surface area (TPSA) is 75.1 Å². The number of aromatic nitrogens is 2. The molecule has 0 aliphatic heterocycles. The fraction of sp³-hybridized carbons (Fsp3) is 0.692. The van der Waals surface area contributed by atoms with Crippen LogP contribution in [0.5, 0.6) is 0 Å². The van der Waals surface area contributed by atoms with E-state index in [9.17, 15) is 14.7 Å². The average molecular weight is 250 g/mol. The number of nitrogens with one attached hydrogen (secondary N) is 1. The number of hydrogen-bond donors (Lipinski definition) is 2. The molecule has 1 aromatic rings. The lowest BCUT2D eigenvalue weighted by atomic mass is 9.93. The first-order valence-electron chi connectivity index (χ1n) is 6.71. The van der Waals surface area contributed by atoms with Crippen molar-refractivity contribution >= 4 is 0 Å². The van der Waals surface area contributed by atoms with Gasteiger partial charge in [-0.2, -0.15) is 0 Å². The number of aromatic amines is 1. The third kappa shape index (κ3) is 1.82. The zero-order valence-electron chi connectivity index (χ0n) is 10.3. The van der Waals surface area contributed by atoms with Gasteiger partial charge in [0, 0.05) is 17.3 Å². The maximum atomic E-state index is 12.3. The summed E-state index contributed by atoms with van der Waals surface area (Å²) in [5.74, 6) is 0. The molecule has 0 atom stereocenters. The fourth-order valence-corrected chi connectivity index (χ4v) is 3.19. The second-order valence-electron chi connectivity index (χ2n) is 5.38. The van der Waals surface area contributed by atoms with E-state index in [1.807, 2.05) is 0 Å². The molecule has 0 unspecified atom stereocenters. The van der Waals surface area contributed by atoms with Gasteiger partial charge in [0.05, 0.1) is 6.10 Å². The smallest absolute Gasteiger partial charge is 0.328 e. The maximum Gasteiger partial charge on any atom is 0.328 e. The molecule has 18 heavy (non-hydrogen) atoms. The Morgan fingerprint density at radius 1 is 1.11 bits per heavy atom. The third-order valence-electron chi connectivity index (χ3n) is 4.20. The van der Waals surface area contributed by atoms with Crippen molar-refractivity contribution in [3.63, 3.8) is 0 Å². The molecule has 1 heterocycles. The summed E-state index contributed by atoms with van der Waals surface area (Å²) in [5.41, 5.74) is 1.24. The zero-order chi connectivity index (χ0) is 12.7. The average Bonchev–Trinajstić information content (AvgIpc) is 2.80. The number of nitrogens with zero attached hydrogens (tertiary/aromatic N) is 1. The summed E-state index contributed by atoms with van der Waals surface area (Å²) in [4.78, 5) is 27.2. The number of H-pyrrole nitrogens is 1. The molecule has 0 radical (unpaired) electrons. The molecule has 2 N–H and O–H groups in total. The summed E-state index contributed by atoms with van der Waals surface area (Å²) in [6.45, 7) is 0. The van der Waals surface area contributed by atoms with Crippen molar-refractivity contribution < 1.29 is 5.11 Å². The van der Waals surface area contributed by atoms with Gasteiger partial charge in [0.25, 0.3) is 5.56 Å². The SMILES string of the molecule is O=c1[nH]c2c(c(=O)n1C1CCC(O)CC1)CCC2. The second kappa shape index (κ2) is 4.39. The summed E-state index contributed by atoms with van der Waals surface area (Å²) in [7, 11) is 0. The minimum atomic E-state index is -0.276. The van der Waals surface area contributed by atoms with Crippen molar-refractivity contribution in [1.82, 2.24) is 9.55 Å². The molecule has 0 amide bonds. The molecular weight excluding hydrogens is 232 g/mol. The highest BCUT2D eigenvalue weighted by atomic mass is 16.3. The molecule has 1 aromatic heterocycles. The van der Waals surface area contributed by atoms with Gasteiger partial charge >= 0.3 is 5.69 Å². The number of aliphatic hydroxyl groups excluding tert-OH is 1. The Kier molecular flexibility index (Phi) is 2.86. The maximum absolute atomic E-state index is 12.3. The van der Waals surface area contributed by atoms with Gasteiger partial charge in [-0.25, -0.2) is 4.79 Å². The number of hydrogen-bond acceptors (Lipinski definition) is 3. The second-order valence-corrected chi connectivity index (χ2v) is 5.38. The van der Waals surface area contributed by atoms with Crippen molar-refractivity contribution in [2.45, 2.75) is 57.1 Å². The van der Waals surface area contributed by atoms with Crippen LogP contribution in [0, 0.1) is 0 Å². The van der Waals surface area contributed by atoms with Crippen LogP contribution in [0.25, 0.3) is 0 Å². The molecule has 1 fully saturated rings. The molecule has 0 saturated heterocycles. The first-order chi connectivity index (χ1) is 8.66. The molecule has 2 aliphatic carbocycles. The summed E-state index contributed by atoms with van der Waals surface area (Å²) >= 11 is 0. The van der Waals surface area contributed by atoms with E-state index in [0.717, 1.165) is 30.5 Å². The van der Waals surface area contributed by atoms with E-state index >= 15 is 0 Å². The lowest BCUT2D eigenvalue weighted by Crippen LogP contribution is -2.41. The van der Waals surface area contributed by atoms with Crippen LogP contribution in [0.2, 0.25) is 0 Å². The van der Waals surface area contributed by atoms with Gasteiger partial charge in [-0.3, -0.25) is 9.36 Å². The van der Waals surface area contributed by atoms with E-state index in [2.05, 4.69) is 4.98 Å². The highest BCUT2D eigenvalue weighted by molar-refractivity contribution is 5.22. The lowest BCUT2D eigenvalue weighted by molar-refractivity contribution is 0.109. The van der Waals surface area contributed by atoms with Gasteiger partial charge in [-0.1, -0.05) is 0 Å². The van der Waals surface area contributed by atoms with Crippen LogP contribution in [0.3, 0.4) is 0 Å². The number of aryl methyl sites for hydroxylation is 1. The molecule has 0 bridgehead atoms. The Bertz CT molecular complexity index is 565. The summed E-state index contributed by atoms with van der Waals surface area (Å²) in [5, 5.41) is 9.49. The van der Waals surface area contributed by atoms with Crippen molar-refractivity contribution in [1.29, 1.82) is 0 Å². The number of fused-ring (bicyclic) bond motifs is 1. The largest absolute Gasteiger partial charge is 0.393 e. The Hall–Kier alpha value is -1.36. The normalized spacial score (nSPS) is 27.2. The minimum absolute atomic E-state index is 0.0458. The van der Waals surface area contributed by atoms with Crippen molar-refractivity contribution in [3.05, 3.63) is 32.1 Å². The molecule has 0 spiro atoms. The van der Waals surface area contributed by atoms with E-state index < -0.39 is 0 Å². The first kappa shape index (κ1) is 11.7. The van der Waals surface area contributed by atoms with Crippen LogP contribution < -0.4 is 11.2 Å². The Morgan fingerprint density at radius 3 is 2.56 bits per heavy atom. The van der Waals surface area contributed by atoms with Gasteiger partial charge in [0.15, 0.2) is 0 Å². The Balaban J connectivity index is 2.02. The quantitative estimate of drug-likeness (QED) is 0.762. The van der Waals surface area contributed by atoms with Gasteiger partial charge in [-0.15, -0.1) is 0 Å². The monoisotopic (exact) mass is 250 g/mol. The summed E-state index contributed by atoms with van der Waals surface area (Å²) < 4.78 is 1.38. The van der Waals surface area contributed by atoms with Crippen LogP contribution in [0.15, 0.2) is 9.59 Å². The van der Waals surface area contributed by atoms with Crippen molar-refractivity contribution in [2.24, 2.45) is 0 Å². The predicted octanol–water partition coefficient (Wildman–Crippen LogP) is 0.501. The number of aliphatic hydroxyl groups is 1. The van der Waals surface area contributed by atoms with Gasteiger partial charge < -0.3 is 10.1 Å². The summed E-state index contributed by atoms with van der Waals surface area (Å²) in [6, 6.07) is -0.0458. The van der Waals surface area contributed by atoms with E-state index in [1.54, 1.807) is 0 Å². The van der Waals surface area contributed by atoms with E-state index in [4.69, 9.17) is 0 Å². The lowest BCUT2D eigenvalue weighted by Gasteiger charge is -2.26. The first-order valence-corrected chi connectivity index (χ1v) is 6.71. The van der Waals surface area contributed by atoms with Crippen LogP contribution in [0.1, 0.15) is 49.4 Å². The molecule has 3 rings (SSSR count). The molecule has 5 heteroatoms. The predicted molar refractivity (Wildman–Crippen MR) is 66.9 cm³/mol. The zero-order valence-corrected chi connectivity index (χ0v) is 10.3. The molecule has 98 valence electrons. The van der Waals surface area contributed by atoms with Crippen LogP contribution in [-0.4, -0.2) is 20.8 Å². The highest BCUT2D eigenvalue weighted by Gasteiger charge is 2.26. The third-order valence-corrected chi connectivity index (χ3v) is 4.20. The highest BCUT2D eigenvalue weighted by Crippen LogP contribution is 2.26. The van der Waals surface area contributed by atoms with E-state index in [-0.39, 0.29) is 23.4 Å². The van der Waals surface area contributed by atoms with Gasteiger partial charge in [0.2, 0.25) is 0 Å².